The van der Waals surface area contributed by atoms with Crippen molar-refractivity contribution in [2.45, 2.75) is 36.4 Å². The highest BCUT2D eigenvalue weighted by Gasteiger charge is 2.47. The molecule has 2 saturated heterocycles. The van der Waals surface area contributed by atoms with E-state index in [-0.39, 0.29) is 35.0 Å². The quantitative estimate of drug-likeness (QED) is 0.236. The summed E-state index contributed by atoms with van der Waals surface area (Å²) in [6, 6.07) is 5.06. The van der Waals surface area contributed by atoms with Crippen molar-refractivity contribution >= 4 is 44.6 Å². The molecule has 0 spiro atoms. The Labute approximate surface area is 228 Å². The molecule has 1 aromatic carbocycles. The first-order valence-electron chi connectivity index (χ1n) is 12.4. The van der Waals surface area contributed by atoms with Gasteiger partial charge in [0.25, 0.3) is 5.91 Å². The van der Waals surface area contributed by atoms with Crippen molar-refractivity contribution in [3.63, 3.8) is 0 Å². The van der Waals surface area contributed by atoms with Crippen LogP contribution in [0.5, 0.6) is 0 Å². The minimum absolute atomic E-state index is 0.0427. The number of morpholine rings is 1. The molecule has 5 N–H and O–H groups in total. The van der Waals surface area contributed by atoms with Gasteiger partial charge in [-0.15, -0.1) is 0 Å². The topological polar surface area (TPSA) is 210 Å². The molecule has 0 aliphatic carbocycles. The number of ether oxygens (including phenoxy) is 2. The molecule has 2 unspecified atom stereocenters. The number of hydrogen-bond donors (Lipinski definition) is 5. The van der Waals surface area contributed by atoms with E-state index in [1.165, 1.54) is 45.8 Å². The molecule has 2 aliphatic rings. The van der Waals surface area contributed by atoms with Crippen molar-refractivity contribution in [1.29, 1.82) is 0 Å². The van der Waals surface area contributed by atoms with Crippen molar-refractivity contribution in [3.8, 4) is 0 Å². The SMILES string of the molecule is CCNC(=O)[C@H]1O[C@@H](n2cnc3c(NC(=O)Nc4ccc(S(=O)(=O)N5CCOCC5)cc4)ncnc32)C(O)C1O. The number of likely N-dealkylation sites (N-methyl/N-ethyl adjacent to an activating group) is 1. The summed E-state index contributed by atoms with van der Waals surface area (Å²) in [4.78, 5) is 37.4. The molecule has 0 saturated carbocycles. The number of fused-ring (bicyclic) bond motifs is 1. The molecule has 0 bridgehead atoms. The van der Waals surface area contributed by atoms with Gasteiger partial charge in [0.15, 0.2) is 29.3 Å². The van der Waals surface area contributed by atoms with Gasteiger partial charge < -0.3 is 30.3 Å². The number of benzene rings is 1. The summed E-state index contributed by atoms with van der Waals surface area (Å²) in [7, 11) is -3.67. The smallest absolute Gasteiger partial charge is 0.324 e. The minimum atomic E-state index is -3.67. The summed E-state index contributed by atoms with van der Waals surface area (Å²) in [6.07, 6.45) is -2.93. The highest BCUT2D eigenvalue weighted by Crippen LogP contribution is 2.32. The first kappa shape index (κ1) is 27.8. The van der Waals surface area contributed by atoms with Gasteiger partial charge in [-0.2, -0.15) is 4.31 Å². The van der Waals surface area contributed by atoms with Crippen LogP contribution in [0.25, 0.3) is 11.2 Å². The van der Waals surface area contributed by atoms with Crippen molar-refractivity contribution in [1.82, 2.24) is 29.1 Å². The number of urea groups is 1. The van der Waals surface area contributed by atoms with E-state index in [2.05, 4.69) is 30.9 Å². The third-order valence-corrected chi connectivity index (χ3v) is 8.35. The molecule has 0 radical (unpaired) electrons. The second kappa shape index (κ2) is 11.4. The lowest BCUT2D eigenvalue weighted by atomic mass is 10.1. The van der Waals surface area contributed by atoms with Gasteiger partial charge in [0.2, 0.25) is 10.0 Å². The predicted octanol–water partition coefficient (Wildman–Crippen LogP) is -0.753. The number of hydrogen-bond acceptors (Lipinski definition) is 11. The van der Waals surface area contributed by atoms with Gasteiger partial charge in [-0.3, -0.25) is 14.7 Å². The monoisotopic (exact) mass is 576 g/mol. The average molecular weight is 577 g/mol. The zero-order valence-electron chi connectivity index (χ0n) is 21.3. The zero-order chi connectivity index (χ0) is 28.4. The number of imidazole rings is 1. The molecule has 214 valence electrons. The van der Waals surface area contributed by atoms with Crippen molar-refractivity contribution < 1.29 is 37.7 Å². The summed E-state index contributed by atoms with van der Waals surface area (Å²) in [5, 5.41) is 28.6. The maximum Gasteiger partial charge on any atom is 0.324 e. The molecular formula is C23H28N8O8S. The van der Waals surface area contributed by atoms with Gasteiger partial charge in [-0.05, 0) is 31.2 Å². The van der Waals surface area contributed by atoms with Crippen molar-refractivity contribution in [2.75, 3.05) is 43.5 Å². The first-order chi connectivity index (χ1) is 19.2. The Balaban J connectivity index is 1.28. The van der Waals surface area contributed by atoms with Crippen LogP contribution in [0.15, 0.2) is 41.8 Å². The maximum atomic E-state index is 12.8. The number of amides is 3. The van der Waals surface area contributed by atoms with E-state index >= 15 is 0 Å². The largest absolute Gasteiger partial charge is 0.387 e. The van der Waals surface area contributed by atoms with E-state index in [0.29, 0.717) is 25.4 Å². The molecular weight excluding hydrogens is 548 g/mol. The second-order valence-corrected chi connectivity index (χ2v) is 10.9. The fourth-order valence-corrected chi connectivity index (χ4v) is 5.83. The lowest BCUT2D eigenvalue weighted by molar-refractivity contribution is -0.137. The zero-order valence-corrected chi connectivity index (χ0v) is 22.1. The van der Waals surface area contributed by atoms with E-state index in [0.717, 1.165) is 0 Å². The Morgan fingerprint density at radius 3 is 2.48 bits per heavy atom. The van der Waals surface area contributed by atoms with Crippen LogP contribution >= 0.6 is 0 Å². The fourth-order valence-electron chi connectivity index (χ4n) is 4.43. The molecule has 5 rings (SSSR count). The molecule has 17 heteroatoms. The summed E-state index contributed by atoms with van der Waals surface area (Å²) in [6.45, 7) is 3.25. The number of carbonyl (C=O) groups is 2. The lowest BCUT2D eigenvalue weighted by Crippen LogP contribution is -2.42. The summed E-state index contributed by atoms with van der Waals surface area (Å²) in [5.74, 6) is -0.526. The predicted molar refractivity (Wildman–Crippen MR) is 139 cm³/mol. The van der Waals surface area contributed by atoms with Gasteiger partial charge in [-0.1, -0.05) is 0 Å². The van der Waals surface area contributed by atoms with E-state index in [1.54, 1.807) is 6.92 Å². The third kappa shape index (κ3) is 5.34. The van der Waals surface area contributed by atoms with Gasteiger partial charge in [0.1, 0.15) is 18.5 Å². The number of rotatable bonds is 7. The fraction of sp³-hybridized carbons (Fsp3) is 0.435. The van der Waals surface area contributed by atoms with Crippen LogP contribution in [0, 0.1) is 0 Å². The van der Waals surface area contributed by atoms with Crippen molar-refractivity contribution in [3.05, 3.63) is 36.9 Å². The first-order valence-corrected chi connectivity index (χ1v) is 13.9. The van der Waals surface area contributed by atoms with Crippen LogP contribution in [-0.4, -0.2) is 106 Å². The molecule has 3 amide bonds. The van der Waals surface area contributed by atoms with Gasteiger partial charge >= 0.3 is 6.03 Å². The molecule has 40 heavy (non-hydrogen) atoms. The number of nitrogens with zero attached hydrogens (tertiary/aromatic N) is 5. The van der Waals surface area contributed by atoms with Crippen molar-refractivity contribution in [2.24, 2.45) is 0 Å². The van der Waals surface area contributed by atoms with E-state index < -0.39 is 46.5 Å². The molecule has 2 fully saturated rings. The van der Waals surface area contributed by atoms with E-state index in [1.807, 2.05) is 0 Å². The lowest BCUT2D eigenvalue weighted by Gasteiger charge is -2.26. The normalized spacial score (nSPS) is 23.7. The number of carbonyl (C=O) groups excluding carboxylic acids is 2. The highest BCUT2D eigenvalue weighted by atomic mass is 32.2. The molecule has 4 heterocycles. The number of aliphatic hydroxyl groups excluding tert-OH is 2. The van der Waals surface area contributed by atoms with Crippen LogP contribution < -0.4 is 16.0 Å². The highest BCUT2D eigenvalue weighted by molar-refractivity contribution is 7.89. The summed E-state index contributed by atoms with van der Waals surface area (Å²) >= 11 is 0. The minimum Gasteiger partial charge on any atom is -0.387 e. The Kier molecular flexibility index (Phi) is 7.92. The molecule has 16 nitrogen and oxygen atoms in total. The molecule has 3 aromatic rings. The standard InChI is InChI=1S/C23H28N8O8S/c1-2-24-21(34)18-16(32)17(33)22(39-18)31-12-27-15-19(25-11-26-20(15)31)29-23(35)28-13-3-5-14(6-4-13)40(36,37)30-7-9-38-10-8-30/h3-6,11-12,16-18,22,32-33H,2,7-10H2,1H3,(H,24,34)(H2,25,26,28,29,35)/t16?,17?,18-,22+/m0/s1. The van der Waals surface area contributed by atoms with Crippen LogP contribution in [-0.2, 0) is 24.3 Å². The molecule has 4 atom stereocenters. The average Bonchev–Trinajstić information content (AvgIpc) is 3.51. The Hall–Kier alpha value is -3.74. The van der Waals surface area contributed by atoms with Crippen LogP contribution in [0.4, 0.5) is 16.3 Å². The van der Waals surface area contributed by atoms with Crippen LogP contribution in [0.1, 0.15) is 13.2 Å². The summed E-state index contributed by atoms with van der Waals surface area (Å²) in [5.41, 5.74) is 0.675. The van der Waals surface area contributed by atoms with E-state index in [4.69, 9.17) is 9.47 Å². The molecule has 2 aliphatic heterocycles. The number of aliphatic hydroxyl groups is 2. The van der Waals surface area contributed by atoms with Gasteiger partial charge in [-0.25, -0.2) is 28.2 Å². The van der Waals surface area contributed by atoms with Crippen LogP contribution in [0.2, 0.25) is 0 Å². The number of sulfonamides is 1. The van der Waals surface area contributed by atoms with Gasteiger partial charge in [0.05, 0.1) is 24.4 Å². The number of aromatic nitrogens is 4. The van der Waals surface area contributed by atoms with E-state index in [9.17, 15) is 28.2 Å². The Morgan fingerprint density at radius 1 is 1.05 bits per heavy atom. The molecule has 2 aromatic heterocycles. The maximum absolute atomic E-state index is 12.8. The second-order valence-electron chi connectivity index (χ2n) is 8.99. The Morgan fingerprint density at radius 2 is 1.77 bits per heavy atom. The summed E-state index contributed by atoms with van der Waals surface area (Å²) < 4.78 is 39.1. The number of anilines is 2. The third-order valence-electron chi connectivity index (χ3n) is 6.43. The number of nitrogens with one attached hydrogen (secondary N) is 3. The van der Waals surface area contributed by atoms with Gasteiger partial charge in [0, 0.05) is 25.3 Å². The van der Waals surface area contributed by atoms with Crippen LogP contribution in [0.3, 0.4) is 0 Å². The Bertz CT molecular complexity index is 1490.